The van der Waals surface area contributed by atoms with Crippen molar-refractivity contribution >= 4 is 37.6 Å². The van der Waals surface area contributed by atoms with Gasteiger partial charge in [-0.3, -0.25) is 4.55 Å². The molecule has 0 aliphatic rings. The lowest BCUT2D eigenvalue weighted by atomic mass is 9.97. The van der Waals surface area contributed by atoms with Gasteiger partial charge in [-0.15, -0.1) is 0 Å². The zero-order chi connectivity index (χ0) is 21.6. The standard InChI is InChI=1S/C18H11F5O5S/c19-17(20,21)16(18(22,23)29(25,26)27)28-15(24)14-12-7-3-1-5-10(12)9-11-6-2-4-8-13(11)14/h1-9,16H,(H,25,26,27). The minimum Gasteiger partial charge on any atom is -0.441 e. The van der Waals surface area contributed by atoms with Crippen LogP contribution in [0.3, 0.4) is 0 Å². The molecule has 0 radical (unpaired) electrons. The first-order chi connectivity index (χ1) is 13.3. The highest BCUT2D eigenvalue weighted by atomic mass is 32.2. The molecule has 0 spiro atoms. The fraction of sp³-hybridized carbons (Fsp3) is 0.167. The minimum atomic E-state index is -6.53. The normalized spacial score (nSPS) is 14.1. The topological polar surface area (TPSA) is 80.7 Å². The first-order valence-electron chi connectivity index (χ1n) is 7.87. The fourth-order valence-corrected chi connectivity index (χ4v) is 3.31. The van der Waals surface area contributed by atoms with Crippen LogP contribution in [0.15, 0.2) is 54.6 Å². The van der Waals surface area contributed by atoms with E-state index < -0.39 is 39.2 Å². The summed E-state index contributed by atoms with van der Waals surface area (Å²) >= 11 is 0. The maximum Gasteiger partial charge on any atom is 0.432 e. The quantitative estimate of drug-likeness (QED) is 0.282. The van der Waals surface area contributed by atoms with Gasteiger partial charge < -0.3 is 4.74 Å². The van der Waals surface area contributed by atoms with Gasteiger partial charge in [0, 0.05) is 0 Å². The first kappa shape index (κ1) is 20.9. The predicted octanol–water partition coefficient (Wildman–Crippen LogP) is 4.56. The monoisotopic (exact) mass is 434 g/mol. The Bertz CT molecular complexity index is 1150. The van der Waals surface area contributed by atoms with Gasteiger partial charge in [-0.05, 0) is 27.6 Å². The predicted molar refractivity (Wildman–Crippen MR) is 93.2 cm³/mol. The van der Waals surface area contributed by atoms with Crippen LogP contribution < -0.4 is 0 Å². The molecule has 3 aromatic rings. The molecule has 0 fully saturated rings. The second-order valence-electron chi connectivity index (χ2n) is 6.06. The number of rotatable bonds is 4. The van der Waals surface area contributed by atoms with E-state index in [0.717, 1.165) is 0 Å². The highest BCUT2D eigenvalue weighted by Crippen LogP contribution is 2.39. The summed E-state index contributed by atoms with van der Waals surface area (Å²) in [7, 11) is -6.53. The minimum absolute atomic E-state index is 0.118. The summed E-state index contributed by atoms with van der Waals surface area (Å²) in [6, 6.07) is 13.6. The number of carbonyl (C=O) groups is 1. The molecule has 11 heteroatoms. The molecule has 0 amide bonds. The van der Waals surface area contributed by atoms with Gasteiger partial charge in [-0.2, -0.15) is 30.4 Å². The molecule has 0 heterocycles. The fourth-order valence-electron chi connectivity index (χ4n) is 2.86. The maximum absolute atomic E-state index is 13.8. The summed E-state index contributed by atoms with van der Waals surface area (Å²) in [5, 5.41) is -4.73. The number of benzene rings is 3. The number of alkyl halides is 5. The first-order valence-corrected chi connectivity index (χ1v) is 9.31. The van der Waals surface area contributed by atoms with Crippen molar-refractivity contribution in [2.45, 2.75) is 17.5 Å². The van der Waals surface area contributed by atoms with E-state index in [9.17, 15) is 35.2 Å². The van der Waals surface area contributed by atoms with Crippen molar-refractivity contribution in [3.8, 4) is 0 Å². The molecule has 154 valence electrons. The van der Waals surface area contributed by atoms with Gasteiger partial charge in [-0.25, -0.2) is 4.79 Å². The van der Waals surface area contributed by atoms with Gasteiger partial charge in [-0.1, -0.05) is 48.5 Å². The molecule has 0 saturated carbocycles. The Morgan fingerprint density at radius 1 is 0.897 bits per heavy atom. The number of hydrogen-bond acceptors (Lipinski definition) is 4. The molecule has 1 atom stereocenters. The number of ether oxygens (including phenoxy) is 1. The number of hydrogen-bond donors (Lipinski definition) is 1. The average Bonchev–Trinajstić information content (AvgIpc) is 2.61. The molecule has 0 aromatic heterocycles. The molecule has 3 aromatic carbocycles. The van der Waals surface area contributed by atoms with Crippen molar-refractivity contribution in [1.82, 2.24) is 0 Å². The van der Waals surface area contributed by atoms with E-state index >= 15 is 0 Å². The summed E-state index contributed by atoms with van der Waals surface area (Å²) in [6.45, 7) is 0. The zero-order valence-corrected chi connectivity index (χ0v) is 15.0. The molecule has 3 rings (SSSR count). The SMILES string of the molecule is O=C(OC(C(F)(F)F)C(F)(F)S(=O)(=O)O)c1c2ccccc2cc2ccccc12. The molecular formula is C18H11F5O5S. The molecular weight excluding hydrogens is 423 g/mol. The number of fused-ring (bicyclic) bond motifs is 2. The molecule has 29 heavy (non-hydrogen) atoms. The molecule has 1 N–H and O–H groups in total. The van der Waals surface area contributed by atoms with E-state index in [-0.39, 0.29) is 10.8 Å². The second kappa shape index (κ2) is 6.92. The van der Waals surface area contributed by atoms with Crippen molar-refractivity contribution in [3.05, 3.63) is 60.2 Å². The van der Waals surface area contributed by atoms with E-state index in [0.29, 0.717) is 10.8 Å². The second-order valence-corrected chi connectivity index (χ2v) is 7.55. The largest absolute Gasteiger partial charge is 0.441 e. The van der Waals surface area contributed by atoms with E-state index in [1.54, 1.807) is 30.3 Å². The molecule has 0 bridgehead atoms. The molecule has 5 nitrogen and oxygen atoms in total. The number of carbonyl (C=O) groups excluding carboxylic acids is 1. The summed E-state index contributed by atoms with van der Waals surface area (Å²) in [6.07, 6.45) is -10.4. The third-order valence-electron chi connectivity index (χ3n) is 4.15. The van der Waals surface area contributed by atoms with Crippen LogP contribution in [0.25, 0.3) is 21.5 Å². The third kappa shape index (κ3) is 3.75. The van der Waals surface area contributed by atoms with Crippen molar-refractivity contribution in [2.24, 2.45) is 0 Å². The van der Waals surface area contributed by atoms with Crippen molar-refractivity contribution in [1.29, 1.82) is 0 Å². The van der Waals surface area contributed by atoms with Crippen LogP contribution in [-0.2, 0) is 14.9 Å². The van der Waals surface area contributed by atoms with Crippen LogP contribution in [-0.4, -0.2) is 36.5 Å². The van der Waals surface area contributed by atoms with Crippen molar-refractivity contribution in [3.63, 3.8) is 0 Å². The highest BCUT2D eigenvalue weighted by Gasteiger charge is 2.66. The van der Waals surface area contributed by atoms with E-state index in [1.807, 2.05) is 0 Å². The van der Waals surface area contributed by atoms with Gasteiger partial charge in [0.2, 0.25) is 0 Å². The van der Waals surface area contributed by atoms with Gasteiger partial charge in [0.15, 0.2) is 0 Å². The Balaban J connectivity index is 2.20. The van der Waals surface area contributed by atoms with Gasteiger partial charge >= 0.3 is 27.5 Å². The third-order valence-corrected chi connectivity index (χ3v) is 5.05. The van der Waals surface area contributed by atoms with E-state index in [2.05, 4.69) is 4.74 Å². The number of halogens is 5. The van der Waals surface area contributed by atoms with Crippen LogP contribution in [0.1, 0.15) is 10.4 Å². The Morgan fingerprint density at radius 2 is 1.34 bits per heavy atom. The maximum atomic E-state index is 13.8. The van der Waals surface area contributed by atoms with E-state index in [1.165, 1.54) is 24.3 Å². The lowest BCUT2D eigenvalue weighted by Gasteiger charge is -2.26. The summed E-state index contributed by atoms with van der Waals surface area (Å²) in [5.74, 6) is -1.82. The zero-order valence-electron chi connectivity index (χ0n) is 14.2. The van der Waals surface area contributed by atoms with Gasteiger partial charge in [0.25, 0.3) is 6.10 Å². The lowest BCUT2D eigenvalue weighted by molar-refractivity contribution is -0.247. The summed E-state index contributed by atoms with van der Waals surface area (Å²) in [4.78, 5) is 12.6. The molecule has 1 unspecified atom stereocenters. The summed E-state index contributed by atoms with van der Waals surface area (Å²) < 4.78 is 101. The average molecular weight is 434 g/mol. The Labute approximate surface area is 160 Å². The smallest absolute Gasteiger partial charge is 0.432 e. The molecule has 0 saturated heterocycles. The Morgan fingerprint density at radius 3 is 1.76 bits per heavy atom. The highest BCUT2D eigenvalue weighted by molar-refractivity contribution is 7.86. The van der Waals surface area contributed by atoms with Gasteiger partial charge in [0.1, 0.15) is 0 Å². The van der Waals surface area contributed by atoms with Crippen molar-refractivity contribution < 1.29 is 44.5 Å². The van der Waals surface area contributed by atoms with Crippen LogP contribution in [0.5, 0.6) is 0 Å². The van der Waals surface area contributed by atoms with Crippen molar-refractivity contribution in [2.75, 3.05) is 0 Å². The molecule has 0 aliphatic heterocycles. The van der Waals surface area contributed by atoms with Crippen LogP contribution >= 0.6 is 0 Å². The Kier molecular flexibility index (Phi) is 4.99. The lowest BCUT2D eigenvalue weighted by Crippen LogP contribution is -2.52. The van der Waals surface area contributed by atoms with Crippen LogP contribution in [0.4, 0.5) is 22.0 Å². The van der Waals surface area contributed by atoms with Crippen LogP contribution in [0, 0.1) is 0 Å². The van der Waals surface area contributed by atoms with Crippen LogP contribution in [0.2, 0.25) is 0 Å². The van der Waals surface area contributed by atoms with Gasteiger partial charge in [0.05, 0.1) is 5.56 Å². The molecule has 0 aliphatic carbocycles. The number of esters is 1. The Hall–Kier alpha value is -2.79. The van der Waals surface area contributed by atoms with E-state index in [4.69, 9.17) is 4.55 Å². The summed E-state index contributed by atoms with van der Waals surface area (Å²) in [5.41, 5.74) is -0.445.